The Morgan fingerprint density at radius 3 is 2.95 bits per heavy atom. The first-order valence-corrected chi connectivity index (χ1v) is 7.79. The first kappa shape index (κ1) is 14.7. The van der Waals surface area contributed by atoms with Gasteiger partial charge in [0.05, 0.1) is 24.0 Å². The second kappa shape index (κ2) is 6.27. The molecule has 0 saturated carbocycles. The summed E-state index contributed by atoms with van der Waals surface area (Å²) in [7, 11) is 0. The molecule has 3 rings (SSSR count). The molecule has 0 aliphatic heterocycles. The van der Waals surface area contributed by atoms with Crippen LogP contribution in [0.2, 0.25) is 0 Å². The summed E-state index contributed by atoms with van der Waals surface area (Å²) in [5.41, 5.74) is 2.43. The Labute approximate surface area is 136 Å². The average Bonchev–Trinajstić information content (AvgIpc) is 2.95. The monoisotopic (exact) mass is 358 g/mol. The van der Waals surface area contributed by atoms with Crippen LogP contribution in [0.15, 0.2) is 53.5 Å². The molecule has 1 amide bonds. The van der Waals surface area contributed by atoms with Crippen LogP contribution in [0, 0.1) is 0 Å². The Morgan fingerprint density at radius 1 is 1.32 bits per heavy atom. The van der Waals surface area contributed by atoms with Gasteiger partial charge in [0.25, 0.3) is 5.91 Å². The van der Waals surface area contributed by atoms with E-state index in [0.29, 0.717) is 18.7 Å². The van der Waals surface area contributed by atoms with Crippen molar-refractivity contribution in [2.75, 3.05) is 6.54 Å². The summed E-state index contributed by atoms with van der Waals surface area (Å²) in [6, 6.07) is 7.63. The minimum Gasteiger partial charge on any atom is -0.333 e. The molecule has 3 aromatic heterocycles. The van der Waals surface area contributed by atoms with Crippen molar-refractivity contribution in [3.63, 3.8) is 0 Å². The third-order valence-electron chi connectivity index (χ3n) is 3.47. The molecule has 0 unspecified atom stereocenters. The molecule has 0 aliphatic carbocycles. The highest BCUT2D eigenvalue weighted by molar-refractivity contribution is 9.10. The van der Waals surface area contributed by atoms with Gasteiger partial charge in [-0.2, -0.15) is 0 Å². The number of fused-ring (bicyclic) bond motifs is 1. The molecule has 0 spiro atoms. The first-order valence-electron chi connectivity index (χ1n) is 7.00. The molecule has 0 N–H and O–H groups in total. The Morgan fingerprint density at radius 2 is 2.18 bits per heavy atom. The summed E-state index contributed by atoms with van der Waals surface area (Å²) in [6.07, 6.45) is 7.02. The fourth-order valence-electron chi connectivity index (χ4n) is 2.34. The number of halogens is 1. The van der Waals surface area contributed by atoms with E-state index < -0.39 is 0 Å². The number of hydrogen-bond donors (Lipinski definition) is 0. The third kappa shape index (κ3) is 2.87. The molecule has 22 heavy (non-hydrogen) atoms. The molecule has 0 radical (unpaired) electrons. The van der Waals surface area contributed by atoms with Crippen molar-refractivity contribution < 1.29 is 4.79 Å². The van der Waals surface area contributed by atoms with Crippen molar-refractivity contribution in [1.82, 2.24) is 19.3 Å². The molecule has 3 heterocycles. The van der Waals surface area contributed by atoms with E-state index in [2.05, 4.69) is 25.9 Å². The zero-order valence-corrected chi connectivity index (χ0v) is 13.7. The molecule has 0 aliphatic rings. The van der Waals surface area contributed by atoms with Crippen LogP contribution in [0.1, 0.15) is 23.0 Å². The SMILES string of the molecule is CCN(Cc1cnc2ccccn12)C(=O)c1cncc(Br)c1. The molecule has 0 fully saturated rings. The third-order valence-corrected chi connectivity index (χ3v) is 3.90. The van der Waals surface area contributed by atoms with Crippen molar-refractivity contribution in [1.29, 1.82) is 0 Å². The van der Waals surface area contributed by atoms with Gasteiger partial charge in [0.1, 0.15) is 5.65 Å². The maximum Gasteiger partial charge on any atom is 0.255 e. The van der Waals surface area contributed by atoms with Crippen molar-refractivity contribution in [2.24, 2.45) is 0 Å². The maximum atomic E-state index is 12.6. The number of amides is 1. The van der Waals surface area contributed by atoms with Gasteiger partial charge in [-0.25, -0.2) is 4.98 Å². The molecule has 5 nitrogen and oxygen atoms in total. The maximum absolute atomic E-state index is 12.6. The summed E-state index contributed by atoms with van der Waals surface area (Å²) in [4.78, 5) is 22.8. The summed E-state index contributed by atoms with van der Waals surface area (Å²) in [6.45, 7) is 3.09. The lowest BCUT2D eigenvalue weighted by Crippen LogP contribution is -2.30. The smallest absolute Gasteiger partial charge is 0.255 e. The van der Waals surface area contributed by atoms with Crippen LogP contribution < -0.4 is 0 Å². The van der Waals surface area contributed by atoms with Gasteiger partial charge in [0.2, 0.25) is 0 Å². The van der Waals surface area contributed by atoms with E-state index in [1.165, 1.54) is 0 Å². The van der Waals surface area contributed by atoms with Gasteiger partial charge in [0, 0.05) is 29.6 Å². The van der Waals surface area contributed by atoms with Crippen LogP contribution in [-0.4, -0.2) is 31.7 Å². The zero-order chi connectivity index (χ0) is 15.5. The van der Waals surface area contributed by atoms with E-state index >= 15 is 0 Å². The van der Waals surface area contributed by atoms with Gasteiger partial charge in [-0.1, -0.05) is 6.07 Å². The van der Waals surface area contributed by atoms with Crippen molar-refractivity contribution in [2.45, 2.75) is 13.5 Å². The van der Waals surface area contributed by atoms with E-state index in [4.69, 9.17) is 0 Å². The lowest BCUT2D eigenvalue weighted by Gasteiger charge is -2.20. The number of nitrogens with zero attached hydrogens (tertiary/aromatic N) is 4. The normalized spacial score (nSPS) is 10.8. The minimum absolute atomic E-state index is 0.0396. The topological polar surface area (TPSA) is 50.5 Å². The highest BCUT2D eigenvalue weighted by Gasteiger charge is 2.17. The first-order chi connectivity index (χ1) is 10.7. The lowest BCUT2D eigenvalue weighted by atomic mass is 10.2. The molecule has 3 aromatic rings. The number of carbonyl (C=O) groups excluding carboxylic acids is 1. The number of hydrogen-bond acceptors (Lipinski definition) is 3. The van der Waals surface area contributed by atoms with Crippen LogP contribution >= 0.6 is 15.9 Å². The van der Waals surface area contributed by atoms with Crippen LogP contribution in [0.4, 0.5) is 0 Å². The largest absolute Gasteiger partial charge is 0.333 e. The Bertz CT molecular complexity index is 815. The standard InChI is InChI=1S/C16H15BrN4O/c1-2-20(16(22)12-7-13(17)9-18-8-12)11-14-10-19-15-5-3-4-6-21(14)15/h3-10H,2,11H2,1H3. The Kier molecular flexibility index (Phi) is 4.20. The summed E-state index contributed by atoms with van der Waals surface area (Å²) in [5.74, 6) is -0.0396. The quantitative estimate of drug-likeness (QED) is 0.719. The Balaban J connectivity index is 1.87. The Hall–Kier alpha value is -2.21. The van der Waals surface area contributed by atoms with Crippen molar-refractivity contribution in [3.8, 4) is 0 Å². The van der Waals surface area contributed by atoms with Crippen LogP contribution in [0.3, 0.4) is 0 Å². The predicted molar refractivity (Wildman–Crippen MR) is 87.5 cm³/mol. The molecular weight excluding hydrogens is 344 g/mol. The van der Waals surface area contributed by atoms with Gasteiger partial charge in [-0.05, 0) is 41.1 Å². The van der Waals surface area contributed by atoms with E-state index in [9.17, 15) is 4.79 Å². The summed E-state index contributed by atoms with van der Waals surface area (Å²) in [5, 5.41) is 0. The number of aromatic nitrogens is 3. The molecule has 112 valence electrons. The number of pyridine rings is 2. The van der Waals surface area contributed by atoms with Crippen molar-refractivity contribution in [3.05, 3.63) is 64.8 Å². The fraction of sp³-hybridized carbons (Fsp3) is 0.188. The molecule has 0 aromatic carbocycles. The lowest BCUT2D eigenvalue weighted by molar-refractivity contribution is 0.0750. The average molecular weight is 359 g/mol. The molecule has 6 heteroatoms. The number of imidazole rings is 1. The second-order valence-electron chi connectivity index (χ2n) is 4.89. The van der Waals surface area contributed by atoms with Gasteiger partial charge in [-0.3, -0.25) is 9.78 Å². The van der Waals surface area contributed by atoms with Gasteiger partial charge >= 0.3 is 0 Å². The van der Waals surface area contributed by atoms with Crippen LogP contribution in [0.5, 0.6) is 0 Å². The molecule has 0 saturated heterocycles. The molecule has 0 atom stereocenters. The highest BCUT2D eigenvalue weighted by Crippen LogP contribution is 2.14. The molecular formula is C16H15BrN4O. The fourth-order valence-corrected chi connectivity index (χ4v) is 2.70. The van der Waals surface area contributed by atoms with E-state index in [1.54, 1.807) is 23.4 Å². The number of carbonyl (C=O) groups is 1. The van der Waals surface area contributed by atoms with Gasteiger partial charge in [0.15, 0.2) is 0 Å². The van der Waals surface area contributed by atoms with Crippen LogP contribution in [-0.2, 0) is 6.54 Å². The minimum atomic E-state index is -0.0396. The van der Waals surface area contributed by atoms with Crippen molar-refractivity contribution >= 4 is 27.5 Å². The zero-order valence-electron chi connectivity index (χ0n) is 12.1. The van der Waals surface area contributed by atoms with E-state index in [0.717, 1.165) is 15.8 Å². The van der Waals surface area contributed by atoms with Gasteiger partial charge in [-0.15, -0.1) is 0 Å². The highest BCUT2D eigenvalue weighted by atomic mass is 79.9. The number of rotatable bonds is 4. The van der Waals surface area contributed by atoms with E-state index in [1.807, 2.05) is 41.9 Å². The second-order valence-corrected chi connectivity index (χ2v) is 5.81. The van der Waals surface area contributed by atoms with E-state index in [-0.39, 0.29) is 5.91 Å². The summed E-state index contributed by atoms with van der Waals surface area (Å²) >= 11 is 3.35. The van der Waals surface area contributed by atoms with Crippen LogP contribution in [0.25, 0.3) is 5.65 Å². The summed E-state index contributed by atoms with van der Waals surface area (Å²) < 4.78 is 2.79. The predicted octanol–water partition coefficient (Wildman–Crippen LogP) is 3.15. The molecule has 0 bridgehead atoms. The van der Waals surface area contributed by atoms with Gasteiger partial charge < -0.3 is 9.30 Å².